The largest absolute Gasteiger partial charge is 0.487 e. The predicted molar refractivity (Wildman–Crippen MR) is 98.7 cm³/mol. The SMILES string of the molecule is C=CCOc1ccc(/C=C\C(=O)NCCc2ccccc2)cc1N. The van der Waals surface area contributed by atoms with Crippen LogP contribution in [-0.2, 0) is 11.2 Å². The van der Waals surface area contributed by atoms with Gasteiger partial charge in [0.2, 0.25) is 5.91 Å². The van der Waals surface area contributed by atoms with Crippen molar-refractivity contribution in [2.45, 2.75) is 6.42 Å². The van der Waals surface area contributed by atoms with Crippen molar-refractivity contribution in [2.24, 2.45) is 0 Å². The second kappa shape index (κ2) is 9.20. The van der Waals surface area contributed by atoms with E-state index in [1.807, 2.05) is 36.4 Å². The van der Waals surface area contributed by atoms with Gasteiger partial charge >= 0.3 is 0 Å². The summed E-state index contributed by atoms with van der Waals surface area (Å²) >= 11 is 0. The van der Waals surface area contributed by atoms with Crippen LogP contribution in [-0.4, -0.2) is 19.1 Å². The monoisotopic (exact) mass is 322 g/mol. The van der Waals surface area contributed by atoms with Crippen LogP contribution < -0.4 is 15.8 Å². The van der Waals surface area contributed by atoms with E-state index in [0.717, 1.165) is 12.0 Å². The summed E-state index contributed by atoms with van der Waals surface area (Å²) in [6, 6.07) is 15.4. The molecular formula is C20H22N2O2. The molecule has 124 valence electrons. The molecule has 4 heteroatoms. The quantitative estimate of drug-likeness (QED) is 0.445. The van der Waals surface area contributed by atoms with Crippen LogP contribution in [0.5, 0.6) is 5.75 Å². The van der Waals surface area contributed by atoms with Crippen LogP contribution in [0.1, 0.15) is 11.1 Å². The summed E-state index contributed by atoms with van der Waals surface area (Å²) < 4.78 is 5.42. The molecule has 3 N–H and O–H groups in total. The van der Waals surface area contributed by atoms with Crippen molar-refractivity contribution < 1.29 is 9.53 Å². The second-order valence-corrected chi connectivity index (χ2v) is 5.26. The highest BCUT2D eigenvalue weighted by atomic mass is 16.5. The number of ether oxygens (including phenoxy) is 1. The first kappa shape index (κ1) is 17.3. The molecule has 0 atom stereocenters. The van der Waals surface area contributed by atoms with Crippen LogP contribution in [0.3, 0.4) is 0 Å². The van der Waals surface area contributed by atoms with Crippen LogP contribution in [0.15, 0.2) is 67.3 Å². The van der Waals surface area contributed by atoms with Crippen molar-refractivity contribution in [1.82, 2.24) is 5.32 Å². The van der Waals surface area contributed by atoms with Gasteiger partial charge in [-0.25, -0.2) is 0 Å². The van der Waals surface area contributed by atoms with Crippen molar-refractivity contribution in [3.63, 3.8) is 0 Å². The average molecular weight is 322 g/mol. The molecule has 1 amide bonds. The fourth-order valence-electron chi connectivity index (χ4n) is 2.16. The Hall–Kier alpha value is -3.01. The fraction of sp³-hybridized carbons (Fsp3) is 0.150. The minimum atomic E-state index is -0.128. The molecule has 0 fully saturated rings. The van der Waals surface area contributed by atoms with E-state index in [1.54, 1.807) is 24.3 Å². The highest BCUT2D eigenvalue weighted by Crippen LogP contribution is 2.23. The van der Waals surface area contributed by atoms with Gasteiger partial charge in [-0.3, -0.25) is 4.79 Å². The van der Waals surface area contributed by atoms with E-state index >= 15 is 0 Å². The number of nitrogen functional groups attached to an aromatic ring is 1. The minimum absolute atomic E-state index is 0.128. The lowest BCUT2D eigenvalue weighted by Crippen LogP contribution is -2.23. The zero-order valence-corrected chi connectivity index (χ0v) is 13.6. The third-order valence-corrected chi connectivity index (χ3v) is 3.37. The maximum atomic E-state index is 11.8. The van der Waals surface area contributed by atoms with Gasteiger partial charge in [0.25, 0.3) is 0 Å². The first-order chi connectivity index (χ1) is 11.7. The Bertz CT molecular complexity index is 709. The Balaban J connectivity index is 1.82. The summed E-state index contributed by atoms with van der Waals surface area (Å²) in [5, 5.41) is 2.86. The Labute approximate surface area is 142 Å². The Kier molecular flexibility index (Phi) is 6.65. The van der Waals surface area contributed by atoms with Crippen molar-refractivity contribution in [2.75, 3.05) is 18.9 Å². The lowest BCUT2D eigenvalue weighted by molar-refractivity contribution is -0.116. The van der Waals surface area contributed by atoms with E-state index in [-0.39, 0.29) is 5.91 Å². The highest BCUT2D eigenvalue weighted by Gasteiger charge is 2.01. The molecule has 0 aliphatic rings. The molecule has 2 aromatic carbocycles. The minimum Gasteiger partial charge on any atom is -0.487 e. The molecule has 4 nitrogen and oxygen atoms in total. The molecule has 0 unspecified atom stereocenters. The maximum absolute atomic E-state index is 11.8. The van der Waals surface area contributed by atoms with Crippen LogP contribution in [0.2, 0.25) is 0 Å². The summed E-state index contributed by atoms with van der Waals surface area (Å²) in [7, 11) is 0. The molecule has 0 aromatic heterocycles. The van der Waals surface area contributed by atoms with Gasteiger partial charge in [-0.15, -0.1) is 0 Å². The molecule has 0 aliphatic heterocycles. The van der Waals surface area contributed by atoms with Crippen molar-refractivity contribution >= 4 is 17.7 Å². The third-order valence-electron chi connectivity index (χ3n) is 3.37. The lowest BCUT2D eigenvalue weighted by atomic mass is 10.1. The van der Waals surface area contributed by atoms with Crippen LogP contribution in [0.25, 0.3) is 6.08 Å². The lowest BCUT2D eigenvalue weighted by Gasteiger charge is -2.07. The third kappa shape index (κ3) is 5.65. The number of carbonyl (C=O) groups excluding carboxylic acids is 1. The zero-order chi connectivity index (χ0) is 17.2. The molecule has 0 saturated carbocycles. The maximum Gasteiger partial charge on any atom is 0.244 e. The highest BCUT2D eigenvalue weighted by molar-refractivity contribution is 5.91. The number of nitrogens with one attached hydrogen (secondary N) is 1. The zero-order valence-electron chi connectivity index (χ0n) is 13.6. The number of rotatable bonds is 8. The van der Waals surface area contributed by atoms with Gasteiger partial charge in [-0.2, -0.15) is 0 Å². The van der Waals surface area contributed by atoms with Gasteiger partial charge in [0.1, 0.15) is 12.4 Å². The van der Waals surface area contributed by atoms with E-state index in [9.17, 15) is 4.79 Å². The van der Waals surface area contributed by atoms with E-state index in [2.05, 4.69) is 11.9 Å². The standard InChI is InChI=1S/C20H22N2O2/c1-2-14-24-19-10-8-17(15-18(19)21)9-11-20(23)22-13-12-16-6-4-3-5-7-16/h2-11,15H,1,12-14,21H2,(H,22,23)/b11-9-. The van der Waals surface area contributed by atoms with Crippen LogP contribution >= 0.6 is 0 Å². The van der Waals surface area contributed by atoms with Crippen LogP contribution in [0.4, 0.5) is 5.69 Å². The Morgan fingerprint density at radius 3 is 2.71 bits per heavy atom. The van der Waals surface area contributed by atoms with E-state index < -0.39 is 0 Å². The van der Waals surface area contributed by atoms with E-state index in [1.165, 1.54) is 11.6 Å². The number of anilines is 1. The van der Waals surface area contributed by atoms with Gasteiger partial charge in [-0.05, 0) is 35.8 Å². The molecule has 2 rings (SSSR count). The number of carbonyl (C=O) groups is 1. The van der Waals surface area contributed by atoms with E-state index in [0.29, 0.717) is 24.6 Å². The molecule has 0 spiro atoms. The summed E-state index contributed by atoms with van der Waals surface area (Å²) in [5.74, 6) is 0.482. The molecular weight excluding hydrogens is 300 g/mol. The average Bonchev–Trinajstić information content (AvgIpc) is 2.60. The van der Waals surface area contributed by atoms with Crippen molar-refractivity contribution in [3.8, 4) is 5.75 Å². The molecule has 0 radical (unpaired) electrons. The smallest absolute Gasteiger partial charge is 0.244 e. The Morgan fingerprint density at radius 2 is 2.00 bits per heavy atom. The number of benzene rings is 2. The number of amides is 1. The molecule has 0 bridgehead atoms. The van der Waals surface area contributed by atoms with Gasteiger partial charge in [0.05, 0.1) is 5.69 Å². The molecule has 0 aliphatic carbocycles. The molecule has 24 heavy (non-hydrogen) atoms. The second-order valence-electron chi connectivity index (χ2n) is 5.26. The van der Waals surface area contributed by atoms with Gasteiger partial charge in [-0.1, -0.05) is 49.1 Å². The predicted octanol–water partition coefficient (Wildman–Crippen LogP) is 3.21. The van der Waals surface area contributed by atoms with Gasteiger partial charge < -0.3 is 15.8 Å². The topological polar surface area (TPSA) is 64.3 Å². The van der Waals surface area contributed by atoms with Crippen molar-refractivity contribution in [1.29, 1.82) is 0 Å². The number of hydrogen-bond donors (Lipinski definition) is 2. The van der Waals surface area contributed by atoms with Gasteiger partial charge in [0.15, 0.2) is 0 Å². The van der Waals surface area contributed by atoms with Gasteiger partial charge in [0, 0.05) is 12.6 Å². The number of hydrogen-bond acceptors (Lipinski definition) is 3. The van der Waals surface area contributed by atoms with Crippen molar-refractivity contribution in [3.05, 3.63) is 78.4 Å². The van der Waals surface area contributed by atoms with E-state index in [4.69, 9.17) is 10.5 Å². The number of nitrogens with two attached hydrogens (primary N) is 1. The normalized spacial score (nSPS) is 10.5. The summed E-state index contributed by atoms with van der Waals surface area (Å²) in [6.45, 7) is 4.60. The summed E-state index contributed by atoms with van der Waals surface area (Å²) in [6.07, 6.45) is 5.70. The first-order valence-electron chi connectivity index (χ1n) is 7.82. The molecule has 0 saturated heterocycles. The summed E-state index contributed by atoms with van der Waals surface area (Å²) in [5.41, 5.74) is 8.49. The molecule has 2 aromatic rings. The molecule has 0 heterocycles. The van der Waals surface area contributed by atoms with Crippen LogP contribution in [0, 0.1) is 0 Å². The first-order valence-corrected chi connectivity index (χ1v) is 7.82. The summed E-state index contributed by atoms with van der Waals surface area (Å²) in [4.78, 5) is 11.8. The fourth-order valence-corrected chi connectivity index (χ4v) is 2.16. The Morgan fingerprint density at radius 1 is 1.21 bits per heavy atom.